The summed E-state index contributed by atoms with van der Waals surface area (Å²) in [7, 11) is 4.12. The fraction of sp³-hybridized carbons (Fsp3) is 0.615. The minimum absolute atomic E-state index is 0.0411. The molecule has 0 spiro atoms. The molecule has 2 N–H and O–H groups in total. The van der Waals surface area contributed by atoms with Crippen molar-refractivity contribution in [2.24, 2.45) is 0 Å². The minimum Gasteiger partial charge on any atom is -0.475 e. The number of aromatic carboxylic acids is 1. The maximum atomic E-state index is 10.8. The van der Waals surface area contributed by atoms with Gasteiger partial charge in [-0.1, -0.05) is 0 Å². The largest absolute Gasteiger partial charge is 0.475 e. The zero-order valence-electron chi connectivity index (χ0n) is 11.3. The van der Waals surface area contributed by atoms with Gasteiger partial charge in [0, 0.05) is 5.56 Å². The Morgan fingerprint density at radius 3 is 2.72 bits per heavy atom. The Labute approximate surface area is 108 Å². The van der Waals surface area contributed by atoms with Gasteiger partial charge in [-0.05, 0) is 53.0 Å². The molecule has 1 rings (SSSR count). The summed E-state index contributed by atoms with van der Waals surface area (Å²) >= 11 is 0. The number of unbranched alkanes of at least 4 members (excludes halogenated alkanes) is 1. The van der Waals surface area contributed by atoms with Gasteiger partial charge in [0.1, 0.15) is 5.76 Å². The molecule has 1 heterocycles. The smallest absolute Gasteiger partial charge is 0.372 e. The number of nitrogens with one attached hydrogen (secondary N) is 1. The first kappa shape index (κ1) is 14.7. The van der Waals surface area contributed by atoms with E-state index in [0.717, 1.165) is 25.9 Å². The van der Waals surface area contributed by atoms with E-state index < -0.39 is 5.97 Å². The number of carboxylic acid groups (broad SMARTS) is 1. The highest BCUT2D eigenvalue weighted by Crippen LogP contribution is 2.14. The number of hydrogen-bond acceptors (Lipinski definition) is 4. The molecule has 0 aliphatic rings. The standard InChI is InChI=1S/C13H22N2O3/c1-10-8-11(18-12(10)13(16)17)9-14-6-4-5-7-15(2)3/h8,14H,4-7,9H2,1-3H3,(H,16,17). The van der Waals surface area contributed by atoms with Crippen LogP contribution in [0, 0.1) is 6.92 Å². The van der Waals surface area contributed by atoms with Crippen LogP contribution in [-0.2, 0) is 6.54 Å². The van der Waals surface area contributed by atoms with Crippen molar-refractivity contribution in [3.8, 4) is 0 Å². The summed E-state index contributed by atoms with van der Waals surface area (Å²) in [5.41, 5.74) is 0.673. The van der Waals surface area contributed by atoms with E-state index in [2.05, 4.69) is 24.3 Å². The average molecular weight is 254 g/mol. The van der Waals surface area contributed by atoms with Crippen LogP contribution in [0.15, 0.2) is 10.5 Å². The summed E-state index contributed by atoms with van der Waals surface area (Å²) in [5, 5.41) is 12.1. The van der Waals surface area contributed by atoms with Crippen molar-refractivity contribution in [1.29, 1.82) is 0 Å². The van der Waals surface area contributed by atoms with Crippen LogP contribution in [-0.4, -0.2) is 43.2 Å². The molecule has 0 aliphatic carbocycles. The van der Waals surface area contributed by atoms with Crippen molar-refractivity contribution in [1.82, 2.24) is 10.2 Å². The van der Waals surface area contributed by atoms with Crippen LogP contribution in [0.5, 0.6) is 0 Å². The van der Waals surface area contributed by atoms with Crippen LogP contribution in [0.1, 0.15) is 34.7 Å². The quantitative estimate of drug-likeness (QED) is 0.691. The normalized spacial score (nSPS) is 11.1. The topological polar surface area (TPSA) is 65.7 Å². The van der Waals surface area contributed by atoms with Gasteiger partial charge in [0.05, 0.1) is 6.54 Å². The van der Waals surface area contributed by atoms with Crippen LogP contribution in [0.25, 0.3) is 0 Å². The van der Waals surface area contributed by atoms with E-state index in [4.69, 9.17) is 9.52 Å². The average Bonchev–Trinajstić information content (AvgIpc) is 2.64. The molecule has 0 bridgehead atoms. The van der Waals surface area contributed by atoms with Gasteiger partial charge in [-0.2, -0.15) is 0 Å². The Morgan fingerprint density at radius 2 is 2.17 bits per heavy atom. The van der Waals surface area contributed by atoms with E-state index in [1.807, 2.05) is 0 Å². The Hall–Kier alpha value is -1.33. The molecule has 0 saturated carbocycles. The van der Waals surface area contributed by atoms with Gasteiger partial charge in [-0.15, -0.1) is 0 Å². The molecule has 1 aromatic heterocycles. The molecule has 0 amide bonds. The third-order valence-corrected chi connectivity index (χ3v) is 2.67. The molecule has 0 radical (unpaired) electrons. The van der Waals surface area contributed by atoms with E-state index in [9.17, 15) is 4.79 Å². The highest BCUT2D eigenvalue weighted by Gasteiger charge is 2.13. The van der Waals surface area contributed by atoms with Gasteiger partial charge < -0.3 is 19.7 Å². The molecule has 0 unspecified atom stereocenters. The highest BCUT2D eigenvalue weighted by atomic mass is 16.4. The summed E-state index contributed by atoms with van der Waals surface area (Å²) in [6.45, 7) is 4.32. The zero-order chi connectivity index (χ0) is 13.5. The number of rotatable bonds is 8. The van der Waals surface area contributed by atoms with E-state index >= 15 is 0 Å². The van der Waals surface area contributed by atoms with Gasteiger partial charge in [0.15, 0.2) is 0 Å². The van der Waals surface area contributed by atoms with Crippen molar-refractivity contribution in [3.63, 3.8) is 0 Å². The van der Waals surface area contributed by atoms with Crippen molar-refractivity contribution >= 4 is 5.97 Å². The molecule has 0 atom stereocenters. The number of carbonyl (C=O) groups is 1. The lowest BCUT2D eigenvalue weighted by Crippen LogP contribution is -2.17. The molecule has 0 aromatic carbocycles. The lowest BCUT2D eigenvalue weighted by atomic mass is 10.2. The van der Waals surface area contributed by atoms with Crippen LogP contribution in [0.2, 0.25) is 0 Å². The van der Waals surface area contributed by atoms with Gasteiger partial charge in [-0.3, -0.25) is 0 Å². The molecule has 18 heavy (non-hydrogen) atoms. The first-order valence-electron chi connectivity index (χ1n) is 6.18. The van der Waals surface area contributed by atoms with Crippen molar-refractivity contribution in [2.75, 3.05) is 27.2 Å². The summed E-state index contributed by atoms with van der Waals surface area (Å²) < 4.78 is 5.25. The molecular weight excluding hydrogens is 232 g/mol. The first-order chi connectivity index (χ1) is 8.50. The monoisotopic (exact) mass is 254 g/mol. The van der Waals surface area contributed by atoms with Gasteiger partial charge >= 0.3 is 5.97 Å². The van der Waals surface area contributed by atoms with E-state index in [1.54, 1.807) is 13.0 Å². The lowest BCUT2D eigenvalue weighted by Gasteiger charge is -2.08. The first-order valence-corrected chi connectivity index (χ1v) is 6.18. The second kappa shape index (κ2) is 7.18. The maximum absolute atomic E-state index is 10.8. The number of furan rings is 1. The Balaban J connectivity index is 2.23. The summed E-state index contributed by atoms with van der Waals surface area (Å²) in [4.78, 5) is 13.0. The summed E-state index contributed by atoms with van der Waals surface area (Å²) in [6, 6.07) is 1.77. The maximum Gasteiger partial charge on any atom is 0.372 e. The number of aryl methyl sites for hydroxylation is 1. The predicted octanol–water partition coefficient (Wildman–Crippen LogP) is 1.72. The molecule has 1 aromatic rings. The molecule has 102 valence electrons. The summed E-state index contributed by atoms with van der Waals surface area (Å²) in [5.74, 6) is -0.290. The molecule has 0 saturated heterocycles. The van der Waals surface area contributed by atoms with E-state index in [0.29, 0.717) is 17.9 Å². The SMILES string of the molecule is Cc1cc(CNCCCCN(C)C)oc1C(=O)O. The lowest BCUT2D eigenvalue weighted by molar-refractivity contribution is 0.0659. The van der Waals surface area contributed by atoms with Crippen LogP contribution < -0.4 is 5.32 Å². The third-order valence-electron chi connectivity index (χ3n) is 2.67. The molecular formula is C13H22N2O3. The number of hydrogen-bond donors (Lipinski definition) is 2. The van der Waals surface area contributed by atoms with Crippen LogP contribution in [0.4, 0.5) is 0 Å². The second-order valence-electron chi connectivity index (χ2n) is 4.72. The number of nitrogens with zero attached hydrogens (tertiary/aromatic N) is 1. The van der Waals surface area contributed by atoms with Crippen molar-refractivity contribution < 1.29 is 14.3 Å². The Kier molecular flexibility index (Phi) is 5.88. The molecule has 0 aliphatic heterocycles. The van der Waals surface area contributed by atoms with Crippen molar-refractivity contribution in [3.05, 3.63) is 23.2 Å². The van der Waals surface area contributed by atoms with Crippen LogP contribution in [0.3, 0.4) is 0 Å². The van der Waals surface area contributed by atoms with E-state index in [1.165, 1.54) is 0 Å². The predicted molar refractivity (Wildman–Crippen MR) is 69.9 cm³/mol. The van der Waals surface area contributed by atoms with Gasteiger partial charge in [-0.25, -0.2) is 4.79 Å². The third kappa shape index (κ3) is 4.89. The second-order valence-corrected chi connectivity index (χ2v) is 4.72. The molecule has 0 fully saturated rings. The van der Waals surface area contributed by atoms with Crippen LogP contribution >= 0.6 is 0 Å². The van der Waals surface area contributed by atoms with Gasteiger partial charge in [0.25, 0.3) is 0 Å². The number of carboxylic acids is 1. The fourth-order valence-corrected chi connectivity index (χ4v) is 1.74. The highest BCUT2D eigenvalue weighted by molar-refractivity contribution is 5.86. The molecule has 5 nitrogen and oxygen atoms in total. The summed E-state index contributed by atoms with van der Waals surface area (Å²) in [6.07, 6.45) is 2.25. The van der Waals surface area contributed by atoms with Crippen molar-refractivity contribution in [2.45, 2.75) is 26.3 Å². The minimum atomic E-state index is -1.01. The fourth-order valence-electron chi connectivity index (χ4n) is 1.74. The van der Waals surface area contributed by atoms with Gasteiger partial charge in [0.2, 0.25) is 5.76 Å². The zero-order valence-corrected chi connectivity index (χ0v) is 11.3. The Morgan fingerprint density at radius 1 is 1.44 bits per heavy atom. The van der Waals surface area contributed by atoms with E-state index in [-0.39, 0.29) is 5.76 Å². The Bertz CT molecular complexity index is 386. The molecule has 5 heteroatoms.